The fraction of sp³-hybridized carbons (Fsp3) is 0.350. The van der Waals surface area contributed by atoms with Crippen molar-refractivity contribution < 1.29 is 4.79 Å². The average molecular weight is 366 g/mol. The van der Waals surface area contributed by atoms with Gasteiger partial charge in [-0.25, -0.2) is 9.97 Å². The minimum absolute atomic E-state index is 0.222. The number of nitrogens with one attached hydrogen (secondary N) is 1. The lowest BCUT2D eigenvalue weighted by Crippen LogP contribution is -2.13. The second-order valence-corrected chi connectivity index (χ2v) is 7.83. The highest BCUT2D eigenvalue weighted by molar-refractivity contribution is 7.21. The molecule has 3 aromatic heterocycles. The van der Waals surface area contributed by atoms with Crippen molar-refractivity contribution in [3.63, 3.8) is 0 Å². The van der Waals surface area contributed by atoms with Crippen LogP contribution in [0.3, 0.4) is 0 Å². The van der Waals surface area contributed by atoms with Crippen LogP contribution < -0.4 is 11.1 Å². The van der Waals surface area contributed by atoms with Crippen LogP contribution in [0.4, 0.5) is 11.5 Å². The van der Waals surface area contributed by atoms with E-state index in [4.69, 9.17) is 10.7 Å². The average Bonchev–Trinajstić information content (AvgIpc) is 2.93. The van der Waals surface area contributed by atoms with Crippen LogP contribution in [0.5, 0.6) is 0 Å². The summed E-state index contributed by atoms with van der Waals surface area (Å²) in [6.45, 7) is 1.92. The molecule has 26 heavy (non-hydrogen) atoms. The molecule has 4 rings (SSSR count). The molecule has 0 radical (unpaired) electrons. The maximum Gasteiger partial charge on any atom is 0.269 e. The molecule has 3 heterocycles. The van der Waals surface area contributed by atoms with Gasteiger partial charge in [0.05, 0.1) is 5.69 Å². The highest BCUT2D eigenvalue weighted by Gasteiger charge is 2.20. The first-order chi connectivity index (χ1) is 12.6. The molecular formula is C20H22N4OS. The van der Waals surface area contributed by atoms with Crippen molar-refractivity contribution in [2.45, 2.75) is 45.4 Å². The highest BCUT2D eigenvalue weighted by Crippen LogP contribution is 2.35. The molecule has 0 bridgehead atoms. The summed E-state index contributed by atoms with van der Waals surface area (Å²) in [4.78, 5) is 23.2. The Labute approximate surface area is 156 Å². The zero-order valence-corrected chi connectivity index (χ0v) is 15.7. The van der Waals surface area contributed by atoms with E-state index in [0.717, 1.165) is 28.6 Å². The molecule has 0 atom stereocenters. The molecule has 1 amide bonds. The summed E-state index contributed by atoms with van der Waals surface area (Å²) in [5, 5.41) is 3.77. The highest BCUT2D eigenvalue weighted by atomic mass is 32.1. The van der Waals surface area contributed by atoms with Gasteiger partial charge in [0.15, 0.2) is 0 Å². The fourth-order valence-electron chi connectivity index (χ4n) is 3.46. The summed E-state index contributed by atoms with van der Waals surface area (Å²) in [6.07, 6.45) is 8.63. The van der Waals surface area contributed by atoms with Crippen LogP contribution in [-0.2, 0) is 12.8 Å². The molecule has 0 unspecified atom stereocenters. The van der Waals surface area contributed by atoms with Crippen molar-refractivity contribution in [3.05, 3.63) is 46.1 Å². The van der Waals surface area contributed by atoms with Gasteiger partial charge in [-0.1, -0.05) is 18.9 Å². The van der Waals surface area contributed by atoms with Gasteiger partial charge in [0.1, 0.15) is 15.5 Å². The summed E-state index contributed by atoms with van der Waals surface area (Å²) in [6, 6.07) is 5.91. The zero-order valence-electron chi connectivity index (χ0n) is 14.8. The topological polar surface area (TPSA) is 80.9 Å². The minimum atomic E-state index is -0.222. The molecule has 134 valence electrons. The van der Waals surface area contributed by atoms with E-state index in [0.29, 0.717) is 16.4 Å². The fourth-order valence-corrected chi connectivity index (χ4v) is 4.45. The Kier molecular flexibility index (Phi) is 4.59. The Morgan fingerprint density at radius 3 is 2.85 bits per heavy atom. The number of nitrogen functional groups attached to an aromatic ring is 1. The number of nitrogens with two attached hydrogens (primary N) is 1. The van der Waals surface area contributed by atoms with Crippen molar-refractivity contribution in [1.29, 1.82) is 0 Å². The molecule has 1 aliphatic carbocycles. The Balaban J connectivity index is 1.70. The second kappa shape index (κ2) is 7.03. The van der Waals surface area contributed by atoms with E-state index in [1.165, 1.54) is 48.3 Å². The lowest BCUT2D eigenvalue weighted by molar-refractivity contribution is 0.103. The van der Waals surface area contributed by atoms with Crippen LogP contribution >= 0.6 is 11.3 Å². The van der Waals surface area contributed by atoms with Crippen molar-refractivity contribution >= 4 is 39.0 Å². The van der Waals surface area contributed by atoms with Gasteiger partial charge in [-0.15, -0.1) is 11.3 Å². The van der Waals surface area contributed by atoms with E-state index >= 15 is 0 Å². The molecule has 3 aromatic rings. The quantitative estimate of drug-likeness (QED) is 0.700. The Hall–Kier alpha value is -2.47. The maximum atomic E-state index is 12.7. The van der Waals surface area contributed by atoms with E-state index in [1.807, 2.05) is 19.1 Å². The van der Waals surface area contributed by atoms with Gasteiger partial charge in [0.2, 0.25) is 0 Å². The maximum absolute atomic E-state index is 12.7. The first-order valence-corrected chi connectivity index (χ1v) is 9.89. The van der Waals surface area contributed by atoms with E-state index in [9.17, 15) is 4.79 Å². The minimum Gasteiger partial charge on any atom is -0.397 e. The van der Waals surface area contributed by atoms with Crippen molar-refractivity contribution in [1.82, 2.24) is 9.97 Å². The van der Waals surface area contributed by atoms with Crippen LogP contribution in [0, 0.1) is 6.92 Å². The SMILES string of the molecule is Cc1cccnc1NC(=O)c1sc2nc3c(cc2c1N)CCCCCC3. The van der Waals surface area contributed by atoms with Crippen LogP contribution in [0.15, 0.2) is 24.4 Å². The van der Waals surface area contributed by atoms with Crippen molar-refractivity contribution in [2.75, 3.05) is 11.1 Å². The molecule has 0 saturated carbocycles. The van der Waals surface area contributed by atoms with Gasteiger partial charge in [-0.05, 0) is 55.9 Å². The van der Waals surface area contributed by atoms with Crippen molar-refractivity contribution in [3.8, 4) is 0 Å². The predicted octanol–water partition coefficient (Wildman–Crippen LogP) is 4.49. The van der Waals surface area contributed by atoms with Gasteiger partial charge in [-0.2, -0.15) is 0 Å². The van der Waals surface area contributed by atoms with Gasteiger partial charge in [-0.3, -0.25) is 4.79 Å². The third kappa shape index (κ3) is 3.17. The van der Waals surface area contributed by atoms with E-state index < -0.39 is 0 Å². The van der Waals surface area contributed by atoms with Crippen LogP contribution in [-0.4, -0.2) is 15.9 Å². The number of pyridine rings is 2. The normalized spacial score (nSPS) is 14.5. The number of amides is 1. The molecule has 0 fully saturated rings. The van der Waals surface area contributed by atoms with Crippen molar-refractivity contribution in [2.24, 2.45) is 0 Å². The summed E-state index contributed by atoms with van der Waals surface area (Å²) in [7, 11) is 0. The number of aryl methyl sites for hydroxylation is 3. The third-order valence-electron chi connectivity index (χ3n) is 4.95. The molecule has 3 N–H and O–H groups in total. The van der Waals surface area contributed by atoms with Gasteiger partial charge >= 0.3 is 0 Å². The zero-order chi connectivity index (χ0) is 18.1. The lowest BCUT2D eigenvalue weighted by Gasteiger charge is -2.12. The molecule has 0 saturated heterocycles. The summed E-state index contributed by atoms with van der Waals surface area (Å²) in [5.74, 6) is 0.342. The number of fused-ring (bicyclic) bond motifs is 2. The second-order valence-electron chi connectivity index (χ2n) is 6.83. The van der Waals surface area contributed by atoms with Gasteiger partial charge in [0, 0.05) is 17.3 Å². The van der Waals surface area contributed by atoms with Crippen LogP contribution in [0.2, 0.25) is 0 Å². The van der Waals surface area contributed by atoms with E-state index in [-0.39, 0.29) is 5.91 Å². The van der Waals surface area contributed by atoms with Crippen LogP contribution in [0.1, 0.15) is 52.2 Å². The molecular weight excluding hydrogens is 344 g/mol. The number of carbonyl (C=O) groups is 1. The summed E-state index contributed by atoms with van der Waals surface area (Å²) < 4.78 is 0. The number of carbonyl (C=O) groups excluding carboxylic acids is 1. The first kappa shape index (κ1) is 17.0. The predicted molar refractivity (Wildman–Crippen MR) is 107 cm³/mol. The summed E-state index contributed by atoms with van der Waals surface area (Å²) in [5.41, 5.74) is 10.2. The smallest absolute Gasteiger partial charge is 0.269 e. The number of rotatable bonds is 2. The Bertz CT molecular complexity index is 979. The standard InChI is InChI=1S/C20H22N4OS/c1-12-7-6-10-22-18(12)24-19(25)17-16(21)14-11-13-8-4-2-3-5-9-15(13)23-20(14)26-17/h6-7,10-11H,2-5,8-9,21H2,1H3,(H,22,24,25). The Morgan fingerprint density at radius 2 is 2.04 bits per heavy atom. The molecule has 6 heteroatoms. The number of thiophene rings is 1. The largest absolute Gasteiger partial charge is 0.397 e. The monoisotopic (exact) mass is 366 g/mol. The van der Waals surface area contributed by atoms with E-state index in [1.54, 1.807) is 6.20 Å². The molecule has 0 spiro atoms. The molecule has 0 aromatic carbocycles. The number of hydrogen-bond donors (Lipinski definition) is 2. The lowest BCUT2D eigenvalue weighted by atomic mass is 9.96. The number of hydrogen-bond acceptors (Lipinski definition) is 5. The molecule has 0 aliphatic heterocycles. The Morgan fingerprint density at radius 1 is 1.23 bits per heavy atom. The number of aromatic nitrogens is 2. The third-order valence-corrected chi connectivity index (χ3v) is 6.06. The van der Waals surface area contributed by atoms with Gasteiger partial charge in [0.25, 0.3) is 5.91 Å². The number of nitrogens with zero attached hydrogens (tertiary/aromatic N) is 2. The number of anilines is 2. The molecule has 1 aliphatic rings. The first-order valence-electron chi connectivity index (χ1n) is 9.07. The van der Waals surface area contributed by atoms with E-state index in [2.05, 4.69) is 16.4 Å². The van der Waals surface area contributed by atoms with Gasteiger partial charge < -0.3 is 11.1 Å². The van der Waals surface area contributed by atoms with Crippen LogP contribution in [0.25, 0.3) is 10.2 Å². The summed E-state index contributed by atoms with van der Waals surface area (Å²) >= 11 is 1.37. The molecule has 5 nitrogen and oxygen atoms in total.